The summed E-state index contributed by atoms with van der Waals surface area (Å²) >= 11 is 0. The van der Waals surface area contributed by atoms with E-state index in [9.17, 15) is 0 Å². The Balaban J connectivity index is 2.10. The van der Waals surface area contributed by atoms with Crippen LogP contribution in [-0.2, 0) is 0 Å². The first-order valence-corrected chi connectivity index (χ1v) is 7.57. The van der Waals surface area contributed by atoms with Crippen molar-refractivity contribution in [2.75, 3.05) is 25.0 Å². The molecule has 21 heavy (non-hydrogen) atoms. The minimum absolute atomic E-state index is 0.337. The number of rotatable bonds is 7. The summed E-state index contributed by atoms with van der Waals surface area (Å²) in [5.74, 6) is 0.827. The largest absolute Gasteiger partial charge is 0.367 e. The van der Waals surface area contributed by atoms with Crippen molar-refractivity contribution in [3.63, 3.8) is 0 Å². The molecule has 1 aromatic heterocycles. The predicted molar refractivity (Wildman–Crippen MR) is 87.4 cm³/mol. The maximum absolute atomic E-state index is 4.18. The molecule has 2 rings (SSSR count). The van der Waals surface area contributed by atoms with Crippen molar-refractivity contribution in [1.82, 2.24) is 15.1 Å². The summed E-state index contributed by atoms with van der Waals surface area (Å²) in [5.41, 5.74) is 2.26. The zero-order chi connectivity index (χ0) is 15.1. The number of hydrogen-bond donors (Lipinski definition) is 1. The molecule has 112 valence electrons. The molecule has 4 nitrogen and oxygen atoms in total. The summed E-state index contributed by atoms with van der Waals surface area (Å²) < 4.78 is 0. The van der Waals surface area contributed by atoms with Gasteiger partial charge in [0.05, 0.1) is 11.7 Å². The highest BCUT2D eigenvalue weighted by atomic mass is 15.2. The second-order valence-electron chi connectivity index (χ2n) is 5.09. The molecule has 1 heterocycles. The molecular formula is C17H24N4. The monoisotopic (exact) mass is 284 g/mol. The third-order valence-electron chi connectivity index (χ3n) is 3.71. The molecule has 0 fully saturated rings. The summed E-state index contributed by atoms with van der Waals surface area (Å²) in [6.45, 7) is 9.22. The third-order valence-corrected chi connectivity index (χ3v) is 3.71. The van der Waals surface area contributed by atoms with Crippen LogP contribution in [0.3, 0.4) is 0 Å². The van der Waals surface area contributed by atoms with E-state index in [4.69, 9.17) is 0 Å². The van der Waals surface area contributed by atoms with Gasteiger partial charge in [-0.15, -0.1) is 5.10 Å². The van der Waals surface area contributed by atoms with Crippen molar-refractivity contribution in [2.45, 2.75) is 26.8 Å². The molecule has 1 aromatic carbocycles. The van der Waals surface area contributed by atoms with Gasteiger partial charge in [0.1, 0.15) is 5.82 Å². The van der Waals surface area contributed by atoms with Crippen molar-refractivity contribution < 1.29 is 0 Å². The highest BCUT2D eigenvalue weighted by Crippen LogP contribution is 2.20. The van der Waals surface area contributed by atoms with Gasteiger partial charge < -0.3 is 5.32 Å². The molecule has 1 atom stereocenters. The molecule has 0 saturated heterocycles. The fourth-order valence-corrected chi connectivity index (χ4v) is 2.49. The molecule has 0 aliphatic heterocycles. The molecule has 0 spiro atoms. The molecular weight excluding hydrogens is 260 g/mol. The van der Waals surface area contributed by atoms with Gasteiger partial charge in [-0.3, -0.25) is 4.90 Å². The smallest absolute Gasteiger partial charge is 0.148 e. The molecule has 1 N–H and O–H groups in total. The van der Waals surface area contributed by atoms with Crippen LogP contribution in [0.5, 0.6) is 0 Å². The molecule has 0 aliphatic rings. The Morgan fingerprint density at radius 1 is 1.00 bits per heavy atom. The number of nitrogens with zero attached hydrogens (tertiary/aromatic N) is 3. The van der Waals surface area contributed by atoms with Gasteiger partial charge in [-0.1, -0.05) is 44.2 Å². The van der Waals surface area contributed by atoms with Crippen molar-refractivity contribution in [3.05, 3.63) is 53.7 Å². The first-order chi connectivity index (χ1) is 10.2. The summed E-state index contributed by atoms with van der Waals surface area (Å²) in [4.78, 5) is 2.45. The van der Waals surface area contributed by atoms with Crippen LogP contribution in [0.25, 0.3) is 0 Å². The van der Waals surface area contributed by atoms with Gasteiger partial charge in [0.25, 0.3) is 0 Å². The molecule has 0 radical (unpaired) electrons. The molecule has 4 heteroatoms. The van der Waals surface area contributed by atoms with Crippen LogP contribution < -0.4 is 5.32 Å². The Bertz CT molecular complexity index is 520. The number of likely N-dealkylation sites (N-methyl/N-ethyl adjacent to an activating group) is 1. The predicted octanol–water partition coefficient (Wildman–Crippen LogP) is 3.28. The topological polar surface area (TPSA) is 41.0 Å². The van der Waals surface area contributed by atoms with E-state index in [-0.39, 0.29) is 0 Å². The minimum atomic E-state index is 0.337. The molecule has 2 aromatic rings. The van der Waals surface area contributed by atoms with E-state index in [1.54, 1.807) is 0 Å². The number of aryl methyl sites for hydroxylation is 1. The lowest BCUT2D eigenvalue weighted by molar-refractivity contribution is 0.228. The fraction of sp³-hybridized carbons (Fsp3) is 0.412. The number of aromatic nitrogens is 2. The Morgan fingerprint density at radius 2 is 1.71 bits per heavy atom. The van der Waals surface area contributed by atoms with Crippen LogP contribution in [0.4, 0.5) is 5.82 Å². The number of anilines is 1. The number of benzene rings is 1. The van der Waals surface area contributed by atoms with Crippen molar-refractivity contribution in [2.24, 2.45) is 0 Å². The zero-order valence-corrected chi connectivity index (χ0v) is 13.1. The van der Waals surface area contributed by atoms with Gasteiger partial charge in [0, 0.05) is 6.54 Å². The highest BCUT2D eigenvalue weighted by Gasteiger charge is 2.17. The Kier molecular flexibility index (Phi) is 5.69. The van der Waals surface area contributed by atoms with Crippen LogP contribution in [0.15, 0.2) is 42.5 Å². The summed E-state index contributed by atoms with van der Waals surface area (Å²) in [6, 6.07) is 14.9. The van der Waals surface area contributed by atoms with E-state index in [0.29, 0.717) is 6.04 Å². The maximum Gasteiger partial charge on any atom is 0.148 e. The standard InChI is InChI=1S/C17H24N4/c1-4-21(5-2)16(15-9-7-6-8-10-15)13-18-17-12-11-14(3)19-20-17/h6-12,16H,4-5,13H2,1-3H3,(H,18,20). The minimum Gasteiger partial charge on any atom is -0.367 e. The molecule has 0 amide bonds. The lowest BCUT2D eigenvalue weighted by atomic mass is 10.1. The first-order valence-electron chi connectivity index (χ1n) is 7.57. The average Bonchev–Trinajstić information content (AvgIpc) is 2.54. The first kappa shape index (κ1) is 15.4. The van der Waals surface area contributed by atoms with E-state index >= 15 is 0 Å². The van der Waals surface area contributed by atoms with Crippen LogP contribution in [0, 0.1) is 6.92 Å². The third kappa shape index (κ3) is 4.26. The normalized spacial score (nSPS) is 12.4. The van der Waals surface area contributed by atoms with Gasteiger partial charge in [-0.05, 0) is 37.7 Å². The lowest BCUT2D eigenvalue weighted by Gasteiger charge is -2.30. The van der Waals surface area contributed by atoms with Crippen LogP contribution in [0.2, 0.25) is 0 Å². The van der Waals surface area contributed by atoms with E-state index in [1.165, 1.54) is 5.56 Å². The summed E-state index contributed by atoms with van der Waals surface area (Å²) in [5, 5.41) is 11.7. The van der Waals surface area contributed by atoms with Gasteiger partial charge >= 0.3 is 0 Å². The van der Waals surface area contributed by atoms with Crippen LogP contribution in [0.1, 0.15) is 31.1 Å². The van der Waals surface area contributed by atoms with E-state index in [2.05, 4.69) is 64.6 Å². The van der Waals surface area contributed by atoms with Gasteiger partial charge in [0.2, 0.25) is 0 Å². The van der Waals surface area contributed by atoms with Crippen molar-refractivity contribution >= 4 is 5.82 Å². The van der Waals surface area contributed by atoms with Crippen LogP contribution >= 0.6 is 0 Å². The van der Waals surface area contributed by atoms with Gasteiger partial charge in [0.15, 0.2) is 0 Å². The second-order valence-corrected chi connectivity index (χ2v) is 5.09. The van der Waals surface area contributed by atoms with Crippen molar-refractivity contribution in [1.29, 1.82) is 0 Å². The fourth-order valence-electron chi connectivity index (χ4n) is 2.49. The van der Waals surface area contributed by atoms with Gasteiger partial charge in [-0.2, -0.15) is 5.10 Å². The summed E-state index contributed by atoms with van der Waals surface area (Å²) in [7, 11) is 0. The van der Waals surface area contributed by atoms with E-state index < -0.39 is 0 Å². The summed E-state index contributed by atoms with van der Waals surface area (Å²) in [6.07, 6.45) is 0. The highest BCUT2D eigenvalue weighted by molar-refractivity contribution is 5.34. The van der Waals surface area contributed by atoms with Crippen molar-refractivity contribution in [3.8, 4) is 0 Å². The SMILES string of the molecule is CCN(CC)C(CNc1ccc(C)nn1)c1ccccc1. The lowest BCUT2D eigenvalue weighted by Crippen LogP contribution is -2.33. The van der Waals surface area contributed by atoms with Crippen LogP contribution in [-0.4, -0.2) is 34.7 Å². The van der Waals surface area contributed by atoms with Gasteiger partial charge in [-0.25, -0.2) is 0 Å². The van der Waals surface area contributed by atoms with E-state index in [0.717, 1.165) is 31.1 Å². The average molecular weight is 284 g/mol. The van der Waals surface area contributed by atoms with E-state index in [1.807, 2.05) is 19.1 Å². The Labute approximate surface area is 127 Å². The molecule has 0 saturated carbocycles. The second kappa shape index (κ2) is 7.74. The molecule has 0 bridgehead atoms. The zero-order valence-electron chi connectivity index (χ0n) is 13.1. The molecule has 1 unspecified atom stereocenters. The Morgan fingerprint density at radius 3 is 2.29 bits per heavy atom. The number of nitrogens with one attached hydrogen (secondary N) is 1. The number of hydrogen-bond acceptors (Lipinski definition) is 4. The Hall–Kier alpha value is -1.94. The quantitative estimate of drug-likeness (QED) is 0.847. The maximum atomic E-state index is 4.18. The molecule has 0 aliphatic carbocycles.